The van der Waals surface area contributed by atoms with Crippen LogP contribution in [0.2, 0.25) is 0 Å². The van der Waals surface area contributed by atoms with Crippen molar-refractivity contribution in [1.82, 2.24) is 5.32 Å². The first-order valence-corrected chi connectivity index (χ1v) is 8.57. The van der Waals surface area contributed by atoms with E-state index in [2.05, 4.69) is 37.4 Å². The Morgan fingerprint density at radius 2 is 1.95 bits per heavy atom. The number of thioether (sulfide) groups is 1. The molecule has 108 valence electrons. The minimum absolute atomic E-state index is 0.291. The predicted octanol–water partition coefficient (Wildman–Crippen LogP) is 4.08. The number of hydrogen-bond donors (Lipinski definition) is 1. The van der Waals surface area contributed by atoms with Gasteiger partial charge in [-0.2, -0.15) is 17.0 Å². The molecule has 1 fully saturated rings. The Bertz CT molecular complexity index is 446. The Hall–Kier alpha value is -0.980. The van der Waals surface area contributed by atoms with Gasteiger partial charge in [0.1, 0.15) is 5.54 Å². The maximum atomic E-state index is 9.83. The molecule has 1 unspecified atom stereocenters. The fraction of sp³-hybridized carbons (Fsp3) is 0.588. The van der Waals surface area contributed by atoms with Crippen molar-refractivity contribution < 1.29 is 0 Å². The topological polar surface area (TPSA) is 35.8 Å². The molecule has 1 aromatic rings. The number of nitrogens with zero attached hydrogens (tertiary/aromatic N) is 1. The summed E-state index contributed by atoms with van der Waals surface area (Å²) < 4.78 is 0. The lowest BCUT2D eigenvalue weighted by Crippen LogP contribution is -2.47. The second kappa shape index (κ2) is 7.15. The highest BCUT2D eigenvalue weighted by Crippen LogP contribution is 2.34. The van der Waals surface area contributed by atoms with Gasteiger partial charge >= 0.3 is 0 Å². The largest absolute Gasteiger partial charge is 0.293 e. The number of nitriles is 1. The number of rotatable bonds is 6. The summed E-state index contributed by atoms with van der Waals surface area (Å²) in [7, 11) is 0. The van der Waals surface area contributed by atoms with E-state index >= 15 is 0 Å². The minimum Gasteiger partial charge on any atom is -0.293 e. The molecule has 3 heteroatoms. The second-order valence-electron chi connectivity index (χ2n) is 5.90. The van der Waals surface area contributed by atoms with Gasteiger partial charge in [-0.3, -0.25) is 5.32 Å². The molecule has 0 heterocycles. The average molecular weight is 288 g/mol. The molecule has 0 bridgehead atoms. The first-order valence-electron chi connectivity index (χ1n) is 7.52. The quantitative estimate of drug-likeness (QED) is 0.857. The van der Waals surface area contributed by atoms with Crippen LogP contribution < -0.4 is 5.32 Å². The van der Waals surface area contributed by atoms with Gasteiger partial charge in [0.05, 0.1) is 6.07 Å². The molecule has 2 rings (SSSR count). The van der Waals surface area contributed by atoms with E-state index in [9.17, 15) is 5.26 Å². The second-order valence-corrected chi connectivity index (χ2v) is 7.19. The molecule has 0 amide bonds. The number of hydrogen-bond acceptors (Lipinski definition) is 3. The van der Waals surface area contributed by atoms with Gasteiger partial charge in [0.25, 0.3) is 0 Å². The summed E-state index contributed by atoms with van der Waals surface area (Å²) in [5, 5.41) is 14.1. The molecule has 0 aromatic heterocycles. The van der Waals surface area contributed by atoms with E-state index in [-0.39, 0.29) is 0 Å². The van der Waals surface area contributed by atoms with Crippen molar-refractivity contribution in [1.29, 1.82) is 5.26 Å². The Morgan fingerprint density at radius 3 is 2.50 bits per heavy atom. The SMILES string of the molecule is CC(C)NC(C#N)(CSC1CCCC1)c1ccccc1. The Balaban J connectivity index is 2.16. The van der Waals surface area contributed by atoms with Gasteiger partial charge in [0.15, 0.2) is 0 Å². The lowest BCUT2D eigenvalue weighted by molar-refractivity contribution is 0.425. The van der Waals surface area contributed by atoms with E-state index in [4.69, 9.17) is 0 Å². The smallest absolute Gasteiger partial charge is 0.141 e. The molecule has 1 atom stereocenters. The van der Waals surface area contributed by atoms with Crippen LogP contribution in [0.4, 0.5) is 0 Å². The lowest BCUT2D eigenvalue weighted by Gasteiger charge is -2.31. The Labute approximate surface area is 127 Å². The highest BCUT2D eigenvalue weighted by Gasteiger charge is 2.34. The standard InChI is InChI=1S/C17H24N2S/c1-14(2)19-17(12-18,15-8-4-3-5-9-15)13-20-16-10-6-7-11-16/h3-5,8-9,14,16,19H,6-7,10-11,13H2,1-2H3. The monoisotopic (exact) mass is 288 g/mol. The van der Waals surface area contributed by atoms with Crippen LogP contribution in [0.5, 0.6) is 0 Å². The summed E-state index contributed by atoms with van der Waals surface area (Å²) in [6.07, 6.45) is 5.31. The van der Waals surface area contributed by atoms with E-state index in [1.54, 1.807) is 0 Å². The molecule has 1 aliphatic rings. The maximum Gasteiger partial charge on any atom is 0.141 e. The van der Waals surface area contributed by atoms with Crippen LogP contribution in [0.25, 0.3) is 0 Å². The molecule has 0 saturated heterocycles. The number of benzene rings is 1. The van der Waals surface area contributed by atoms with Gasteiger partial charge in [0, 0.05) is 17.0 Å². The third kappa shape index (κ3) is 3.77. The van der Waals surface area contributed by atoms with Crippen molar-refractivity contribution in [3.05, 3.63) is 35.9 Å². The summed E-state index contributed by atoms with van der Waals surface area (Å²) >= 11 is 1.97. The molecule has 2 nitrogen and oxygen atoms in total. The van der Waals surface area contributed by atoms with E-state index < -0.39 is 5.54 Å². The Kier molecular flexibility index (Phi) is 5.51. The van der Waals surface area contributed by atoms with Gasteiger partial charge in [-0.15, -0.1) is 0 Å². The molecule has 1 N–H and O–H groups in total. The van der Waals surface area contributed by atoms with Crippen molar-refractivity contribution in [3.63, 3.8) is 0 Å². The molecule has 1 aliphatic carbocycles. The summed E-state index contributed by atoms with van der Waals surface area (Å²) in [5.41, 5.74) is 0.518. The first-order chi connectivity index (χ1) is 9.66. The van der Waals surface area contributed by atoms with Crippen LogP contribution >= 0.6 is 11.8 Å². The summed E-state index contributed by atoms with van der Waals surface area (Å²) in [4.78, 5) is 0. The van der Waals surface area contributed by atoms with Crippen molar-refractivity contribution >= 4 is 11.8 Å². The zero-order valence-corrected chi connectivity index (χ0v) is 13.2. The first kappa shape index (κ1) is 15.4. The Morgan fingerprint density at radius 1 is 1.30 bits per heavy atom. The third-order valence-electron chi connectivity index (χ3n) is 3.83. The van der Waals surface area contributed by atoms with Gasteiger partial charge in [0.2, 0.25) is 0 Å². The predicted molar refractivity (Wildman–Crippen MR) is 86.7 cm³/mol. The molecule has 0 aliphatic heterocycles. The van der Waals surface area contributed by atoms with E-state index in [1.165, 1.54) is 25.7 Å². The van der Waals surface area contributed by atoms with E-state index in [0.29, 0.717) is 6.04 Å². The van der Waals surface area contributed by atoms with Crippen molar-refractivity contribution in [3.8, 4) is 6.07 Å². The molecule has 0 radical (unpaired) electrons. The van der Waals surface area contributed by atoms with Gasteiger partial charge in [-0.25, -0.2) is 0 Å². The van der Waals surface area contributed by atoms with Crippen LogP contribution in [0, 0.1) is 11.3 Å². The van der Waals surface area contributed by atoms with Crippen molar-refractivity contribution in [2.24, 2.45) is 0 Å². The zero-order chi connectivity index (χ0) is 14.4. The van der Waals surface area contributed by atoms with E-state index in [0.717, 1.165) is 16.6 Å². The van der Waals surface area contributed by atoms with Crippen LogP contribution in [0.3, 0.4) is 0 Å². The molecule has 1 saturated carbocycles. The fourth-order valence-electron chi connectivity index (χ4n) is 2.85. The molecule has 0 spiro atoms. The maximum absolute atomic E-state index is 9.83. The van der Waals surface area contributed by atoms with Crippen molar-refractivity contribution in [2.45, 2.75) is 56.4 Å². The number of nitrogens with one attached hydrogen (secondary N) is 1. The highest BCUT2D eigenvalue weighted by molar-refractivity contribution is 8.00. The fourth-order valence-corrected chi connectivity index (χ4v) is 4.32. The average Bonchev–Trinajstić information content (AvgIpc) is 2.97. The van der Waals surface area contributed by atoms with Gasteiger partial charge < -0.3 is 0 Å². The summed E-state index contributed by atoms with van der Waals surface area (Å²) in [6.45, 7) is 4.21. The molecule has 20 heavy (non-hydrogen) atoms. The molecular formula is C17H24N2S. The lowest BCUT2D eigenvalue weighted by atomic mass is 9.92. The van der Waals surface area contributed by atoms with Crippen LogP contribution in [-0.4, -0.2) is 17.0 Å². The summed E-state index contributed by atoms with van der Waals surface area (Å²) in [6, 6.07) is 13.0. The minimum atomic E-state index is -0.567. The van der Waals surface area contributed by atoms with Crippen LogP contribution in [0.1, 0.15) is 45.1 Å². The van der Waals surface area contributed by atoms with E-state index in [1.807, 2.05) is 30.0 Å². The van der Waals surface area contributed by atoms with Crippen LogP contribution in [0.15, 0.2) is 30.3 Å². The highest BCUT2D eigenvalue weighted by atomic mass is 32.2. The zero-order valence-electron chi connectivity index (χ0n) is 12.4. The van der Waals surface area contributed by atoms with Crippen molar-refractivity contribution in [2.75, 3.05) is 5.75 Å². The molecular weight excluding hydrogens is 264 g/mol. The van der Waals surface area contributed by atoms with Gasteiger partial charge in [-0.05, 0) is 32.3 Å². The third-order valence-corrected chi connectivity index (χ3v) is 5.37. The summed E-state index contributed by atoms with van der Waals surface area (Å²) in [5.74, 6) is 0.830. The van der Waals surface area contributed by atoms with Gasteiger partial charge in [-0.1, -0.05) is 43.2 Å². The normalized spacial score (nSPS) is 18.9. The molecule has 1 aromatic carbocycles. The van der Waals surface area contributed by atoms with Crippen LogP contribution in [-0.2, 0) is 5.54 Å².